The van der Waals surface area contributed by atoms with Gasteiger partial charge < -0.3 is 5.11 Å². The van der Waals surface area contributed by atoms with Crippen LogP contribution in [0.15, 0.2) is 10.7 Å². The van der Waals surface area contributed by atoms with Gasteiger partial charge in [-0.25, -0.2) is 13.8 Å². The predicted octanol–water partition coefficient (Wildman–Crippen LogP) is 3.51. The van der Waals surface area contributed by atoms with E-state index in [1.54, 1.807) is 0 Å². The third kappa shape index (κ3) is 2.55. The molecular weight excluding hydrogens is 289 g/mol. The Morgan fingerprint density at radius 1 is 1.33 bits per heavy atom. The number of halogens is 6. The fourth-order valence-electron chi connectivity index (χ4n) is 0.853. The summed E-state index contributed by atoms with van der Waals surface area (Å²) >= 11 is 2.41. The van der Waals surface area contributed by atoms with Crippen LogP contribution in [0, 0.1) is 0 Å². The Morgan fingerprint density at radius 3 is 2.27 bits per heavy atom. The van der Waals surface area contributed by atoms with Crippen molar-refractivity contribution in [3.8, 4) is 5.75 Å². The minimum atomic E-state index is -4.76. The number of hydrogen-bond donors (Lipinski definition) is 1. The number of nitrogens with zero attached hydrogens (tertiary/aromatic N) is 1. The maximum atomic E-state index is 12.2. The molecule has 15 heavy (non-hydrogen) atoms. The average Bonchev–Trinajstić information content (AvgIpc) is 2.06. The van der Waals surface area contributed by atoms with E-state index in [1.165, 1.54) is 0 Å². The molecule has 0 aliphatic heterocycles. The van der Waals surface area contributed by atoms with Gasteiger partial charge in [-0.1, -0.05) is 0 Å². The molecule has 0 bridgehead atoms. The minimum absolute atomic E-state index is 0.207. The van der Waals surface area contributed by atoms with Gasteiger partial charge in [0.1, 0.15) is 16.0 Å². The van der Waals surface area contributed by atoms with Gasteiger partial charge in [-0.2, -0.15) is 13.2 Å². The zero-order valence-electron chi connectivity index (χ0n) is 6.82. The first-order valence-electron chi connectivity index (χ1n) is 3.48. The quantitative estimate of drug-likeness (QED) is 0.634. The van der Waals surface area contributed by atoms with E-state index in [2.05, 4.69) is 20.9 Å². The number of aromatic hydroxyl groups is 1. The Kier molecular flexibility index (Phi) is 3.17. The van der Waals surface area contributed by atoms with E-state index >= 15 is 0 Å². The second-order valence-electron chi connectivity index (χ2n) is 2.53. The highest BCUT2D eigenvalue weighted by Gasteiger charge is 2.35. The van der Waals surface area contributed by atoms with Crippen LogP contribution < -0.4 is 0 Å². The lowest BCUT2D eigenvalue weighted by atomic mass is 10.2. The van der Waals surface area contributed by atoms with Gasteiger partial charge in [0.05, 0.1) is 5.56 Å². The lowest BCUT2D eigenvalue weighted by molar-refractivity contribution is -0.138. The molecule has 1 aromatic rings. The second-order valence-corrected chi connectivity index (χ2v) is 3.28. The average molecular weight is 292 g/mol. The van der Waals surface area contributed by atoms with E-state index in [9.17, 15) is 22.0 Å². The van der Waals surface area contributed by atoms with Crippen LogP contribution in [0.1, 0.15) is 17.7 Å². The Balaban J connectivity index is 3.32. The van der Waals surface area contributed by atoms with Gasteiger partial charge in [0.15, 0.2) is 0 Å². The molecule has 2 nitrogen and oxygen atoms in total. The van der Waals surface area contributed by atoms with Crippen molar-refractivity contribution in [1.29, 1.82) is 0 Å². The summed E-state index contributed by atoms with van der Waals surface area (Å²) in [6.45, 7) is 0. The summed E-state index contributed by atoms with van der Waals surface area (Å²) in [4.78, 5) is 2.94. The predicted molar refractivity (Wildman–Crippen MR) is 43.6 cm³/mol. The highest BCUT2D eigenvalue weighted by Crippen LogP contribution is 2.38. The summed E-state index contributed by atoms with van der Waals surface area (Å²) in [6.07, 6.45) is -7.90. The second kappa shape index (κ2) is 3.92. The summed E-state index contributed by atoms with van der Waals surface area (Å²) in [5, 5.41) is 8.89. The van der Waals surface area contributed by atoms with Gasteiger partial charge in [0.2, 0.25) is 0 Å². The number of rotatable bonds is 1. The molecule has 0 aliphatic carbocycles. The fraction of sp³-hybridized carbons (Fsp3) is 0.286. The molecule has 0 aliphatic rings. The van der Waals surface area contributed by atoms with Crippen molar-refractivity contribution in [2.24, 2.45) is 0 Å². The molecular formula is C7H3BrF5NO. The SMILES string of the molecule is Oc1cc(C(F)(F)F)c(Br)nc1C(F)F. The third-order valence-corrected chi connectivity index (χ3v) is 2.10. The monoisotopic (exact) mass is 291 g/mol. The highest BCUT2D eigenvalue weighted by atomic mass is 79.9. The maximum absolute atomic E-state index is 12.2. The number of alkyl halides is 5. The molecule has 0 saturated heterocycles. The lowest BCUT2D eigenvalue weighted by Crippen LogP contribution is -2.08. The van der Waals surface area contributed by atoms with Crippen LogP contribution >= 0.6 is 15.9 Å². The molecule has 1 rings (SSSR count). The van der Waals surface area contributed by atoms with E-state index < -0.39 is 34.2 Å². The Hall–Kier alpha value is -0.920. The highest BCUT2D eigenvalue weighted by molar-refractivity contribution is 9.10. The molecule has 0 fully saturated rings. The summed E-state index contributed by atoms with van der Waals surface area (Å²) in [6, 6.07) is 0.207. The summed E-state index contributed by atoms with van der Waals surface area (Å²) in [5.74, 6) is -1.18. The van der Waals surface area contributed by atoms with Crippen LogP contribution in [0.5, 0.6) is 5.75 Å². The zero-order valence-corrected chi connectivity index (χ0v) is 8.40. The topological polar surface area (TPSA) is 33.1 Å². The summed E-state index contributed by atoms with van der Waals surface area (Å²) < 4.78 is 60.0. The number of pyridine rings is 1. The Bertz CT molecular complexity index is 378. The van der Waals surface area contributed by atoms with Crippen LogP contribution in [-0.2, 0) is 6.18 Å². The van der Waals surface area contributed by atoms with Crippen molar-refractivity contribution in [3.05, 3.63) is 21.9 Å². The van der Waals surface area contributed by atoms with Gasteiger partial charge in [-0.3, -0.25) is 0 Å². The van der Waals surface area contributed by atoms with Gasteiger partial charge in [0.25, 0.3) is 6.43 Å². The first kappa shape index (κ1) is 12.2. The van der Waals surface area contributed by atoms with E-state index in [1.807, 2.05) is 0 Å². The zero-order chi connectivity index (χ0) is 11.8. The molecule has 84 valence electrons. The molecule has 0 saturated carbocycles. The minimum Gasteiger partial charge on any atom is -0.506 e. The van der Waals surface area contributed by atoms with Crippen LogP contribution in [0.25, 0.3) is 0 Å². The normalized spacial score (nSPS) is 12.2. The van der Waals surface area contributed by atoms with Crippen molar-refractivity contribution in [2.45, 2.75) is 12.6 Å². The molecule has 0 unspecified atom stereocenters. The van der Waals surface area contributed by atoms with Crippen molar-refractivity contribution < 1.29 is 27.1 Å². The lowest BCUT2D eigenvalue weighted by Gasteiger charge is -2.10. The Morgan fingerprint density at radius 2 is 1.87 bits per heavy atom. The molecule has 0 aromatic carbocycles. The van der Waals surface area contributed by atoms with Crippen LogP contribution in [0.3, 0.4) is 0 Å². The molecule has 0 radical (unpaired) electrons. The number of hydrogen-bond acceptors (Lipinski definition) is 2. The molecule has 0 spiro atoms. The summed E-state index contributed by atoms with van der Waals surface area (Å²) in [5.41, 5.74) is -2.39. The molecule has 1 aromatic heterocycles. The Labute approximate surface area is 88.9 Å². The van der Waals surface area contributed by atoms with Crippen molar-refractivity contribution in [3.63, 3.8) is 0 Å². The molecule has 1 N–H and O–H groups in total. The third-order valence-electron chi connectivity index (χ3n) is 1.50. The van der Waals surface area contributed by atoms with E-state index in [-0.39, 0.29) is 6.07 Å². The number of aromatic nitrogens is 1. The van der Waals surface area contributed by atoms with Crippen molar-refractivity contribution in [1.82, 2.24) is 4.98 Å². The van der Waals surface area contributed by atoms with Crippen LogP contribution in [-0.4, -0.2) is 10.1 Å². The molecule has 8 heteroatoms. The van der Waals surface area contributed by atoms with Gasteiger partial charge in [0, 0.05) is 0 Å². The van der Waals surface area contributed by atoms with Gasteiger partial charge in [-0.15, -0.1) is 0 Å². The molecule has 1 heterocycles. The summed E-state index contributed by atoms with van der Waals surface area (Å²) in [7, 11) is 0. The fourth-order valence-corrected chi connectivity index (χ4v) is 1.38. The molecule has 0 amide bonds. The maximum Gasteiger partial charge on any atom is 0.419 e. The van der Waals surface area contributed by atoms with Crippen LogP contribution in [0.4, 0.5) is 22.0 Å². The van der Waals surface area contributed by atoms with Gasteiger partial charge >= 0.3 is 6.18 Å². The van der Waals surface area contributed by atoms with E-state index in [0.29, 0.717) is 0 Å². The van der Waals surface area contributed by atoms with Crippen molar-refractivity contribution in [2.75, 3.05) is 0 Å². The smallest absolute Gasteiger partial charge is 0.419 e. The first-order valence-corrected chi connectivity index (χ1v) is 4.27. The van der Waals surface area contributed by atoms with Gasteiger partial charge in [-0.05, 0) is 22.0 Å². The largest absolute Gasteiger partial charge is 0.506 e. The molecule has 0 atom stereocenters. The van der Waals surface area contributed by atoms with E-state index in [0.717, 1.165) is 0 Å². The van der Waals surface area contributed by atoms with E-state index in [4.69, 9.17) is 5.11 Å². The standard InChI is InChI=1S/C7H3BrF5NO/c8-5-2(7(11,12)13)1-3(15)4(14-5)6(9)10/h1,6,15H. The van der Waals surface area contributed by atoms with Crippen molar-refractivity contribution >= 4 is 15.9 Å². The van der Waals surface area contributed by atoms with Crippen LogP contribution in [0.2, 0.25) is 0 Å². The first-order chi connectivity index (χ1) is 6.73.